The minimum Gasteiger partial charge on any atom is -0.386 e. The van der Waals surface area contributed by atoms with Crippen LogP contribution in [0.2, 0.25) is 0 Å². The number of nitrogens with two attached hydrogens (primary N) is 1. The Kier molecular flexibility index (Phi) is 2.83. The first-order chi connectivity index (χ1) is 7.63. The maximum Gasteiger partial charge on any atom is 0.115 e. The van der Waals surface area contributed by atoms with E-state index in [1.807, 2.05) is 19.9 Å². The molecule has 2 rings (SSSR count). The van der Waals surface area contributed by atoms with Crippen molar-refractivity contribution in [3.05, 3.63) is 23.5 Å². The minimum atomic E-state index is 0.236. The molecule has 0 saturated heterocycles. The van der Waals surface area contributed by atoms with Crippen LogP contribution in [0.25, 0.3) is 11.0 Å². The fourth-order valence-corrected chi connectivity index (χ4v) is 1.69. The molecule has 5 heteroatoms. The monoisotopic (exact) mass is 236 g/mol. The Morgan fingerprint density at radius 1 is 1.50 bits per heavy atom. The molecule has 0 spiro atoms. The molecule has 0 unspecified atom stereocenters. The van der Waals surface area contributed by atoms with Gasteiger partial charge in [-0.25, -0.2) is 9.98 Å². The number of fused-ring (bicyclic) bond motifs is 1. The van der Waals surface area contributed by atoms with Crippen molar-refractivity contribution >= 4 is 34.2 Å². The summed E-state index contributed by atoms with van der Waals surface area (Å²) in [6.07, 6.45) is 1.68. The van der Waals surface area contributed by atoms with Crippen LogP contribution in [0.4, 0.5) is 5.69 Å². The summed E-state index contributed by atoms with van der Waals surface area (Å²) < 4.78 is 0. The van der Waals surface area contributed by atoms with Gasteiger partial charge in [-0.05, 0) is 31.0 Å². The van der Waals surface area contributed by atoms with Crippen molar-refractivity contribution in [3.8, 4) is 0 Å². The van der Waals surface area contributed by atoms with Gasteiger partial charge in [0.15, 0.2) is 0 Å². The molecule has 0 atom stereocenters. The van der Waals surface area contributed by atoms with Gasteiger partial charge in [0, 0.05) is 0 Å². The highest BCUT2D eigenvalue weighted by Gasteiger charge is 2.08. The van der Waals surface area contributed by atoms with Crippen LogP contribution in [0.3, 0.4) is 0 Å². The number of hydrogen-bond donors (Lipinski definition) is 2. The van der Waals surface area contributed by atoms with E-state index in [1.54, 1.807) is 6.33 Å². The van der Waals surface area contributed by atoms with Crippen LogP contribution in [0.5, 0.6) is 0 Å². The third-order valence-electron chi connectivity index (χ3n) is 2.65. The van der Waals surface area contributed by atoms with Crippen molar-refractivity contribution < 1.29 is 0 Å². The molecule has 0 saturated carbocycles. The average molecular weight is 237 g/mol. The maximum absolute atomic E-state index is 5.64. The summed E-state index contributed by atoms with van der Waals surface area (Å²) in [4.78, 5) is 11.6. The summed E-state index contributed by atoms with van der Waals surface area (Å²) in [6.45, 7) is 4.03. The van der Waals surface area contributed by atoms with Crippen molar-refractivity contribution in [1.82, 2.24) is 9.97 Å². The van der Waals surface area contributed by atoms with Gasteiger partial charge in [0.1, 0.15) is 5.84 Å². The Hall–Kier alpha value is -1.55. The third kappa shape index (κ3) is 1.76. The normalized spacial score (nSPS) is 12.3. The first kappa shape index (κ1) is 11.0. The number of aromatic nitrogens is 2. The summed E-state index contributed by atoms with van der Waals surface area (Å²) in [5, 5.41) is 0. The van der Waals surface area contributed by atoms with Crippen molar-refractivity contribution in [2.75, 3.05) is 5.88 Å². The number of alkyl halides is 1. The second kappa shape index (κ2) is 4.14. The molecule has 1 aromatic heterocycles. The minimum absolute atomic E-state index is 0.236. The van der Waals surface area contributed by atoms with E-state index in [9.17, 15) is 0 Å². The molecule has 3 N–H and O–H groups in total. The second-order valence-corrected chi connectivity index (χ2v) is 3.95. The van der Waals surface area contributed by atoms with E-state index in [0.717, 1.165) is 27.8 Å². The molecule has 1 heterocycles. The molecule has 84 valence electrons. The van der Waals surface area contributed by atoms with Crippen molar-refractivity contribution in [3.63, 3.8) is 0 Å². The number of halogens is 1. The Balaban J connectivity index is 2.66. The van der Waals surface area contributed by atoms with Crippen LogP contribution < -0.4 is 5.73 Å². The number of rotatable bonds is 2. The van der Waals surface area contributed by atoms with Gasteiger partial charge < -0.3 is 10.7 Å². The number of hydrogen-bond acceptors (Lipinski definition) is 2. The number of imidazole rings is 1. The zero-order valence-corrected chi connectivity index (χ0v) is 9.97. The summed E-state index contributed by atoms with van der Waals surface area (Å²) in [6, 6.07) is 1.93. The highest BCUT2D eigenvalue weighted by atomic mass is 35.5. The smallest absolute Gasteiger partial charge is 0.115 e. The molecule has 4 nitrogen and oxygen atoms in total. The van der Waals surface area contributed by atoms with Gasteiger partial charge in [-0.3, -0.25) is 0 Å². The molecule has 0 aliphatic rings. The lowest BCUT2D eigenvalue weighted by molar-refractivity contribution is 1.31. The number of nitrogens with zero attached hydrogens (tertiary/aromatic N) is 2. The Morgan fingerprint density at radius 3 is 2.94 bits per heavy atom. The van der Waals surface area contributed by atoms with E-state index < -0.39 is 0 Å². The summed E-state index contributed by atoms with van der Waals surface area (Å²) in [7, 11) is 0. The molecular weight excluding hydrogens is 224 g/mol. The molecule has 0 radical (unpaired) electrons. The van der Waals surface area contributed by atoms with Gasteiger partial charge in [0.05, 0.1) is 28.9 Å². The number of aryl methyl sites for hydroxylation is 1. The van der Waals surface area contributed by atoms with Crippen LogP contribution in [0.1, 0.15) is 11.1 Å². The lowest BCUT2D eigenvalue weighted by Crippen LogP contribution is -2.12. The molecule has 0 amide bonds. The number of benzene rings is 1. The zero-order valence-electron chi connectivity index (χ0n) is 9.21. The lowest BCUT2D eigenvalue weighted by Gasteiger charge is -2.06. The fraction of sp³-hybridized carbons (Fsp3) is 0.273. The highest BCUT2D eigenvalue weighted by molar-refractivity contribution is 6.28. The van der Waals surface area contributed by atoms with Gasteiger partial charge in [0.25, 0.3) is 0 Å². The summed E-state index contributed by atoms with van der Waals surface area (Å²) in [5.41, 5.74) is 10.6. The van der Waals surface area contributed by atoms with Crippen LogP contribution in [-0.4, -0.2) is 21.7 Å². The predicted octanol–water partition coefficient (Wildman–Crippen LogP) is 2.41. The Labute approximate surface area is 98.5 Å². The second-order valence-electron chi connectivity index (χ2n) is 3.68. The number of nitrogens with one attached hydrogen (secondary N) is 1. The van der Waals surface area contributed by atoms with E-state index >= 15 is 0 Å². The maximum atomic E-state index is 5.64. The molecular formula is C11H13ClN4. The number of aromatic amines is 1. The van der Waals surface area contributed by atoms with E-state index in [2.05, 4.69) is 15.0 Å². The Bertz CT molecular complexity index is 556. The molecule has 0 aliphatic carbocycles. The van der Waals surface area contributed by atoms with E-state index in [1.165, 1.54) is 0 Å². The molecule has 16 heavy (non-hydrogen) atoms. The van der Waals surface area contributed by atoms with Crippen LogP contribution in [0, 0.1) is 13.8 Å². The van der Waals surface area contributed by atoms with E-state index in [-0.39, 0.29) is 5.88 Å². The van der Waals surface area contributed by atoms with E-state index in [0.29, 0.717) is 5.84 Å². The fourth-order valence-electron chi connectivity index (χ4n) is 1.63. The van der Waals surface area contributed by atoms with E-state index in [4.69, 9.17) is 17.3 Å². The van der Waals surface area contributed by atoms with Gasteiger partial charge in [-0.2, -0.15) is 0 Å². The van der Waals surface area contributed by atoms with Gasteiger partial charge in [-0.1, -0.05) is 0 Å². The van der Waals surface area contributed by atoms with Gasteiger partial charge >= 0.3 is 0 Å². The van der Waals surface area contributed by atoms with Crippen molar-refractivity contribution in [2.45, 2.75) is 13.8 Å². The van der Waals surface area contributed by atoms with Crippen LogP contribution in [-0.2, 0) is 0 Å². The highest BCUT2D eigenvalue weighted by Crippen LogP contribution is 2.28. The number of aliphatic imine (C=N–C) groups is 1. The third-order valence-corrected chi connectivity index (χ3v) is 2.93. The van der Waals surface area contributed by atoms with Crippen molar-refractivity contribution in [2.24, 2.45) is 10.7 Å². The molecule has 0 fully saturated rings. The molecule has 0 aliphatic heterocycles. The lowest BCUT2D eigenvalue weighted by atomic mass is 10.1. The quantitative estimate of drug-likeness (QED) is 0.478. The topological polar surface area (TPSA) is 67.1 Å². The largest absolute Gasteiger partial charge is 0.386 e. The van der Waals surface area contributed by atoms with Gasteiger partial charge in [0.2, 0.25) is 0 Å². The predicted molar refractivity (Wildman–Crippen MR) is 67.6 cm³/mol. The first-order valence-corrected chi connectivity index (χ1v) is 5.49. The van der Waals surface area contributed by atoms with Crippen molar-refractivity contribution in [1.29, 1.82) is 0 Å². The molecule has 2 aromatic rings. The number of H-pyrrole nitrogens is 1. The summed E-state index contributed by atoms with van der Waals surface area (Å²) >= 11 is 5.62. The van der Waals surface area contributed by atoms with Crippen LogP contribution in [0.15, 0.2) is 17.4 Å². The van der Waals surface area contributed by atoms with Gasteiger partial charge in [-0.15, -0.1) is 11.6 Å². The summed E-state index contributed by atoms with van der Waals surface area (Å²) in [5.74, 6) is 0.655. The zero-order chi connectivity index (χ0) is 11.7. The number of amidine groups is 1. The molecule has 1 aromatic carbocycles. The average Bonchev–Trinajstić information content (AvgIpc) is 2.73. The standard InChI is InChI=1S/C11H13ClN4/c1-6-7(2)11-9(14-5-15-11)3-8(6)16-10(13)4-12/h3,5H,4H2,1-2H3,(H2,13,16)(H,14,15). The molecule has 0 bridgehead atoms. The Morgan fingerprint density at radius 2 is 2.25 bits per heavy atom. The van der Waals surface area contributed by atoms with Crippen LogP contribution >= 0.6 is 11.6 Å². The first-order valence-electron chi connectivity index (χ1n) is 4.95. The SMILES string of the molecule is Cc1c(N=C(N)CCl)cc2[nH]cnc2c1C.